The molecule has 0 saturated carbocycles. The first-order valence-corrected chi connectivity index (χ1v) is 6.99. The van der Waals surface area contributed by atoms with Crippen LogP contribution in [-0.2, 0) is 13.0 Å². The van der Waals surface area contributed by atoms with Crippen molar-refractivity contribution in [1.82, 2.24) is 10.1 Å². The zero-order valence-corrected chi connectivity index (χ0v) is 12.0. The number of nitrogens with two attached hydrogens (primary N) is 1. The van der Waals surface area contributed by atoms with Crippen molar-refractivity contribution < 1.29 is 4.52 Å². The van der Waals surface area contributed by atoms with Crippen molar-refractivity contribution in [3.63, 3.8) is 0 Å². The quantitative estimate of drug-likeness (QED) is 0.801. The van der Waals surface area contributed by atoms with Crippen LogP contribution in [0.4, 0.5) is 0 Å². The van der Waals surface area contributed by atoms with Gasteiger partial charge in [0.15, 0.2) is 0 Å². The molecule has 1 aromatic heterocycles. The topological polar surface area (TPSA) is 64.9 Å². The molecule has 0 atom stereocenters. The van der Waals surface area contributed by atoms with Crippen LogP contribution >= 0.6 is 11.6 Å². The molecule has 4 nitrogen and oxygen atoms in total. The summed E-state index contributed by atoms with van der Waals surface area (Å²) in [5.41, 5.74) is 8.76. The highest BCUT2D eigenvalue weighted by molar-refractivity contribution is 6.30. The molecule has 3 aromatic rings. The third-order valence-corrected chi connectivity index (χ3v) is 3.47. The molecule has 3 rings (SSSR count). The van der Waals surface area contributed by atoms with E-state index in [0.29, 0.717) is 29.7 Å². The second kappa shape index (κ2) is 6.08. The zero-order chi connectivity index (χ0) is 14.7. The summed E-state index contributed by atoms with van der Waals surface area (Å²) >= 11 is 5.97. The summed E-state index contributed by atoms with van der Waals surface area (Å²) in [6, 6.07) is 15.3. The van der Waals surface area contributed by atoms with Crippen molar-refractivity contribution in [3.8, 4) is 11.4 Å². The highest BCUT2D eigenvalue weighted by Crippen LogP contribution is 2.21. The average Bonchev–Trinajstić information content (AvgIpc) is 2.96. The number of aromatic nitrogens is 2. The van der Waals surface area contributed by atoms with Gasteiger partial charge in [0, 0.05) is 17.1 Å². The number of nitrogens with zero attached hydrogens (tertiary/aromatic N) is 2. The Kier molecular flexibility index (Phi) is 3.99. The fourth-order valence-corrected chi connectivity index (χ4v) is 2.35. The average molecular weight is 300 g/mol. The molecule has 1 heterocycles. The summed E-state index contributed by atoms with van der Waals surface area (Å²) in [4.78, 5) is 4.42. The maximum atomic E-state index is 5.97. The smallest absolute Gasteiger partial charge is 0.231 e. The molecule has 106 valence electrons. The first-order chi connectivity index (χ1) is 10.3. The summed E-state index contributed by atoms with van der Waals surface area (Å²) in [5, 5.41) is 4.65. The number of benzene rings is 2. The minimum Gasteiger partial charge on any atom is -0.339 e. The molecule has 2 N–H and O–H groups in total. The second-order valence-electron chi connectivity index (χ2n) is 4.67. The van der Waals surface area contributed by atoms with Crippen molar-refractivity contribution in [1.29, 1.82) is 0 Å². The van der Waals surface area contributed by atoms with Gasteiger partial charge in [-0.15, -0.1) is 0 Å². The molecule has 0 unspecified atom stereocenters. The van der Waals surface area contributed by atoms with E-state index in [1.165, 1.54) is 0 Å². The van der Waals surface area contributed by atoms with Crippen LogP contribution in [0.2, 0.25) is 5.02 Å². The van der Waals surface area contributed by atoms with Crippen molar-refractivity contribution in [2.24, 2.45) is 5.73 Å². The summed E-state index contributed by atoms with van der Waals surface area (Å²) in [5.74, 6) is 1.10. The fourth-order valence-electron chi connectivity index (χ4n) is 2.16. The number of rotatable bonds is 4. The van der Waals surface area contributed by atoms with Gasteiger partial charge in [-0.25, -0.2) is 0 Å². The van der Waals surface area contributed by atoms with E-state index < -0.39 is 0 Å². The molecule has 0 fully saturated rings. The monoisotopic (exact) mass is 299 g/mol. The Bertz CT molecular complexity index is 755. The van der Waals surface area contributed by atoms with E-state index in [-0.39, 0.29) is 0 Å². The highest BCUT2D eigenvalue weighted by Gasteiger charge is 2.11. The molecule has 2 aromatic carbocycles. The molecule has 21 heavy (non-hydrogen) atoms. The van der Waals surface area contributed by atoms with Crippen LogP contribution in [0, 0.1) is 0 Å². The Balaban J connectivity index is 1.85. The Morgan fingerprint density at radius 3 is 2.62 bits per heavy atom. The van der Waals surface area contributed by atoms with E-state index in [1.807, 2.05) is 48.5 Å². The van der Waals surface area contributed by atoms with E-state index in [0.717, 1.165) is 16.7 Å². The van der Waals surface area contributed by atoms with Crippen molar-refractivity contribution in [2.75, 3.05) is 0 Å². The Morgan fingerprint density at radius 2 is 1.86 bits per heavy atom. The zero-order valence-electron chi connectivity index (χ0n) is 11.3. The van der Waals surface area contributed by atoms with Crippen LogP contribution in [0.15, 0.2) is 53.1 Å². The normalized spacial score (nSPS) is 10.8. The van der Waals surface area contributed by atoms with E-state index in [9.17, 15) is 0 Å². The highest BCUT2D eigenvalue weighted by atomic mass is 35.5. The van der Waals surface area contributed by atoms with Gasteiger partial charge in [-0.05, 0) is 23.3 Å². The standard InChI is InChI=1S/C16H14ClN3O/c17-14-7-3-6-12(8-14)16-19-15(21-20-16)9-11-4-1-2-5-13(11)10-18/h1-8H,9-10,18H2. The van der Waals surface area contributed by atoms with E-state index in [2.05, 4.69) is 10.1 Å². The van der Waals surface area contributed by atoms with Crippen LogP contribution in [0.25, 0.3) is 11.4 Å². The molecule has 5 heteroatoms. The molecular formula is C16H14ClN3O. The molecule has 0 saturated heterocycles. The molecule has 0 amide bonds. The van der Waals surface area contributed by atoms with Crippen LogP contribution < -0.4 is 5.73 Å². The molecule has 0 aliphatic carbocycles. The molecule has 0 aliphatic rings. The van der Waals surface area contributed by atoms with Gasteiger partial charge in [-0.3, -0.25) is 0 Å². The summed E-state index contributed by atoms with van der Waals surface area (Å²) in [7, 11) is 0. The lowest BCUT2D eigenvalue weighted by Crippen LogP contribution is -2.02. The molecule has 0 radical (unpaired) electrons. The van der Waals surface area contributed by atoms with Gasteiger partial charge in [0.2, 0.25) is 11.7 Å². The second-order valence-corrected chi connectivity index (χ2v) is 5.11. The number of hydrogen-bond acceptors (Lipinski definition) is 4. The maximum Gasteiger partial charge on any atom is 0.231 e. The SMILES string of the molecule is NCc1ccccc1Cc1nc(-c2cccc(Cl)c2)no1. The number of hydrogen-bond donors (Lipinski definition) is 1. The largest absolute Gasteiger partial charge is 0.339 e. The van der Waals surface area contributed by atoms with Gasteiger partial charge < -0.3 is 10.3 Å². The minimum atomic E-state index is 0.492. The van der Waals surface area contributed by atoms with Crippen LogP contribution in [0.5, 0.6) is 0 Å². The van der Waals surface area contributed by atoms with Gasteiger partial charge in [0.25, 0.3) is 0 Å². The lowest BCUT2D eigenvalue weighted by atomic mass is 10.0. The third kappa shape index (κ3) is 3.12. The molecule has 0 aliphatic heterocycles. The van der Waals surface area contributed by atoms with Gasteiger partial charge >= 0.3 is 0 Å². The number of halogens is 1. The maximum absolute atomic E-state index is 5.97. The van der Waals surface area contributed by atoms with Crippen LogP contribution in [0.3, 0.4) is 0 Å². The van der Waals surface area contributed by atoms with Crippen molar-refractivity contribution >= 4 is 11.6 Å². The fraction of sp³-hybridized carbons (Fsp3) is 0.125. The molecule has 0 bridgehead atoms. The minimum absolute atomic E-state index is 0.492. The van der Waals surface area contributed by atoms with Crippen LogP contribution in [0.1, 0.15) is 17.0 Å². The lowest BCUT2D eigenvalue weighted by Gasteiger charge is -2.03. The Labute approximate surface area is 127 Å². The van der Waals surface area contributed by atoms with E-state index in [4.69, 9.17) is 21.9 Å². The van der Waals surface area contributed by atoms with Gasteiger partial charge in [-0.1, -0.05) is 53.2 Å². The lowest BCUT2D eigenvalue weighted by molar-refractivity contribution is 0.385. The van der Waals surface area contributed by atoms with Crippen molar-refractivity contribution in [3.05, 3.63) is 70.6 Å². The Hall–Kier alpha value is -2.17. The Morgan fingerprint density at radius 1 is 1.05 bits per heavy atom. The summed E-state index contributed by atoms with van der Waals surface area (Å²) < 4.78 is 5.32. The third-order valence-electron chi connectivity index (χ3n) is 3.23. The van der Waals surface area contributed by atoms with Gasteiger partial charge in [0.1, 0.15) is 0 Å². The molecular weight excluding hydrogens is 286 g/mol. The van der Waals surface area contributed by atoms with Crippen molar-refractivity contribution in [2.45, 2.75) is 13.0 Å². The first-order valence-electron chi connectivity index (χ1n) is 6.61. The first kappa shape index (κ1) is 13.8. The predicted octanol–water partition coefficient (Wildman–Crippen LogP) is 3.44. The van der Waals surface area contributed by atoms with Crippen LogP contribution in [-0.4, -0.2) is 10.1 Å². The summed E-state index contributed by atoms with van der Waals surface area (Å²) in [6.07, 6.45) is 0.570. The van der Waals surface area contributed by atoms with E-state index >= 15 is 0 Å². The summed E-state index contributed by atoms with van der Waals surface area (Å²) in [6.45, 7) is 0.492. The van der Waals surface area contributed by atoms with E-state index in [1.54, 1.807) is 0 Å². The predicted molar refractivity (Wildman–Crippen MR) is 81.9 cm³/mol. The molecule has 0 spiro atoms. The van der Waals surface area contributed by atoms with Gasteiger partial charge in [-0.2, -0.15) is 4.98 Å². The van der Waals surface area contributed by atoms with Gasteiger partial charge in [0.05, 0.1) is 6.42 Å².